The molecule has 1 aromatic carbocycles. The summed E-state index contributed by atoms with van der Waals surface area (Å²) in [7, 11) is 0. The molecule has 25 heavy (non-hydrogen) atoms. The van der Waals surface area contributed by atoms with Crippen LogP contribution in [0.1, 0.15) is 6.92 Å². The molecule has 0 fully saturated rings. The van der Waals surface area contributed by atoms with E-state index in [4.69, 9.17) is 15.6 Å². The van der Waals surface area contributed by atoms with Gasteiger partial charge in [0.1, 0.15) is 24.2 Å². The van der Waals surface area contributed by atoms with E-state index >= 15 is 0 Å². The fourth-order valence-electron chi connectivity index (χ4n) is 1.97. The standard InChI is InChI=1S/C17H19N3O5/c1-10(22)19-14-6-15(20-12-4-2-11(18)3-5-12)17(7-16(14)24)25-9-13(23)8-21/h2-7,13,21,23H,8-9,18H2,1H3,(H,19,22). The zero-order valence-corrected chi connectivity index (χ0v) is 13.6. The van der Waals surface area contributed by atoms with Gasteiger partial charge in [-0.25, -0.2) is 4.99 Å². The average Bonchev–Trinajstić information content (AvgIpc) is 2.57. The molecule has 1 aromatic rings. The molecular formula is C17H19N3O5. The van der Waals surface area contributed by atoms with E-state index in [9.17, 15) is 14.7 Å². The number of allylic oxidation sites excluding steroid dienone is 2. The van der Waals surface area contributed by atoms with E-state index in [0.717, 1.165) is 0 Å². The van der Waals surface area contributed by atoms with Gasteiger partial charge in [-0.05, 0) is 30.3 Å². The first kappa shape index (κ1) is 18.4. The van der Waals surface area contributed by atoms with Crippen LogP contribution >= 0.6 is 0 Å². The van der Waals surface area contributed by atoms with Crippen molar-refractivity contribution in [1.82, 2.24) is 5.32 Å². The number of nitrogens with one attached hydrogen (secondary N) is 1. The van der Waals surface area contributed by atoms with Crippen LogP contribution in [0.15, 0.2) is 52.9 Å². The van der Waals surface area contributed by atoms with Crippen molar-refractivity contribution in [2.24, 2.45) is 4.99 Å². The summed E-state index contributed by atoms with van der Waals surface area (Å²) in [5.74, 6) is -0.719. The number of hydrogen-bond acceptors (Lipinski definition) is 7. The maximum Gasteiger partial charge on any atom is 0.221 e. The number of nitrogen functional groups attached to an aromatic ring is 1. The van der Waals surface area contributed by atoms with Crippen molar-refractivity contribution in [1.29, 1.82) is 0 Å². The Balaban J connectivity index is 2.33. The first-order valence-electron chi connectivity index (χ1n) is 7.50. The summed E-state index contributed by atoms with van der Waals surface area (Å²) in [6, 6.07) is 6.72. The van der Waals surface area contributed by atoms with Gasteiger partial charge in [-0.1, -0.05) is 0 Å². The number of carbonyl (C=O) groups is 2. The number of aliphatic imine (C=N–C) groups is 1. The number of nitrogens with zero attached hydrogens (tertiary/aromatic N) is 1. The van der Waals surface area contributed by atoms with Crippen molar-refractivity contribution in [2.45, 2.75) is 13.0 Å². The van der Waals surface area contributed by atoms with E-state index in [1.807, 2.05) is 0 Å². The minimum absolute atomic E-state index is 0.0664. The lowest BCUT2D eigenvalue weighted by molar-refractivity contribution is -0.120. The Kier molecular flexibility index (Phi) is 6.04. The van der Waals surface area contributed by atoms with Crippen LogP contribution in [0.25, 0.3) is 0 Å². The Morgan fingerprint density at radius 3 is 2.60 bits per heavy atom. The highest BCUT2D eigenvalue weighted by molar-refractivity contribution is 6.22. The van der Waals surface area contributed by atoms with Crippen molar-refractivity contribution < 1.29 is 24.5 Å². The molecular weight excluding hydrogens is 326 g/mol. The highest BCUT2D eigenvalue weighted by Crippen LogP contribution is 2.20. The molecule has 1 aliphatic carbocycles. The maximum absolute atomic E-state index is 12.1. The van der Waals surface area contributed by atoms with Gasteiger partial charge in [-0.3, -0.25) is 9.59 Å². The van der Waals surface area contributed by atoms with Crippen LogP contribution in [0.4, 0.5) is 11.4 Å². The van der Waals surface area contributed by atoms with Crippen molar-refractivity contribution in [2.75, 3.05) is 18.9 Å². The minimum atomic E-state index is -1.09. The first-order chi connectivity index (χ1) is 11.9. The van der Waals surface area contributed by atoms with Crippen molar-refractivity contribution in [3.05, 3.63) is 47.9 Å². The van der Waals surface area contributed by atoms with Crippen LogP contribution in [-0.2, 0) is 14.3 Å². The summed E-state index contributed by atoms with van der Waals surface area (Å²) in [5.41, 5.74) is 7.14. The summed E-state index contributed by atoms with van der Waals surface area (Å²) in [6.45, 7) is 0.608. The number of carbonyl (C=O) groups excluding carboxylic acids is 2. The zero-order valence-electron chi connectivity index (χ0n) is 13.6. The Bertz CT molecular complexity index is 750. The van der Waals surface area contributed by atoms with Crippen molar-refractivity contribution in [3.8, 4) is 0 Å². The van der Waals surface area contributed by atoms with Crippen LogP contribution in [-0.4, -0.2) is 46.9 Å². The fourth-order valence-corrected chi connectivity index (χ4v) is 1.97. The second-order valence-electron chi connectivity index (χ2n) is 5.35. The molecule has 8 heteroatoms. The van der Waals surface area contributed by atoms with Crippen LogP contribution in [0.2, 0.25) is 0 Å². The molecule has 0 heterocycles. The van der Waals surface area contributed by atoms with Crippen molar-refractivity contribution >= 4 is 28.8 Å². The minimum Gasteiger partial charge on any atom is -0.488 e. The summed E-state index contributed by atoms with van der Waals surface area (Å²) in [4.78, 5) is 27.7. The molecule has 1 atom stereocenters. The predicted molar refractivity (Wildman–Crippen MR) is 92.0 cm³/mol. The third-order valence-corrected chi connectivity index (χ3v) is 3.16. The Morgan fingerprint density at radius 1 is 1.32 bits per heavy atom. The van der Waals surface area contributed by atoms with Gasteiger partial charge in [0.05, 0.1) is 18.0 Å². The number of aliphatic hydroxyl groups is 2. The fraction of sp³-hybridized carbons (Fsp3) is 0.235. The summed E-state index contributed by atoms with van der Waals surface area (Å²) >= 11 is 0. The number of benzene rings is 1. The largest absolute Gasteiger partial charge is 0.488 e. The second kappa shape index (κ2) is 8.22. The van der Waals surface area contributed by atoms with Gasteiger partial charge in [0.25, 0.3) is 0 Å². The number of amides is 1. The van der Waals surface area contributed by atoms with Gasteiger partial charge < -0.3 is 26.0 Å². The monoisotopic (exact) mass is 345 g/mol. The van der Waals surface area contributed by atoms with E-state index in [1.54, 1.807) is 24.3 Å². The third-order valence-electron chi connectivity index (χ3n) is 3.16. The Hall–Kier alpha value is -2.97. The molecule has 2 rings (SSSR count). The summed E-state index contributed by atoms with van der Waals surface area (Å²) < 4.78 is 5.39. The molecule has 0 saturated heterocycles. The molecule has 0 spiro atoms. The van der Waals surface area contributed by atoms with Gasteiger partial charge in [-0.15, -0.1) is 0 Å². The molecule has 8 nitrogen and oxygen atoms in total. The Labute approximate surface area is 144 Å². The lowest BCUT2D eigenvalue weighted by Crippen LogP contribution is -2.29. The highest BCUT2D eigenvalue weighted by atomic mass is 16.5. The third kappa shape index (κ3) is 5.27. The quantitative estimate of drug-likeness (QED) is 0.430. The molecule has 0 aromatic heterocycles. The Morgan fingerprint density at radius 2 is 2.00 bits per heavy atom. The summed E-state index contributed by atoms with van der Waals surface area (Å²) in [5, 5.41) is 20.7. The molecule has 0 bridgehead atoms. The number of nitrogens with two attached hydrogens (primary N) is 1. The molecule has 1 aliphatic rings. The maximum atomic E-state index is 12.1. The number of aliphatic hydroxyl groups excluding tert-OH is 2. The van der Waals surface area contributed by atoms with Gasteiger partial charge in [0.15, 0.2) is 0 Å². The van der Waals surface area contributed by atoms with E-state index in [0.29, 0.717) is 17.1 Å². The molecule has 132 valence electrons. The topological polar surface area (TPSA) is 134 Å². The van der Waals surface area contributed by atoms with Crippen LogP contribution in [0, 0.1) is 0 Å². The van der Waals surface area contributed by atoms with Crippen LogP contribution < -0.4 is 11.1 Å². The lowest BCUT2D eigenvalue weighted by atomic mass is 10.1. The molecule has 0 aliphatic heterocycles. The molecule has 0 saturated carbocycles. The molecule has 0 radical (unpaired) electrons. The van der Waals surface area contributed by atoms with E-state index in [2.05, 4.69) is 10.3 Å². The highest BCUT2D eigenvalue weighted by Gasteiger charge is 2.21. The first-order valence-corrected chi connectivity index (χ1v) is 7.50. The van der Waals surface area contributed by atoms with E-state index in [-0.39, 0.29) is 24.0 Å². The SMILES string of the molecule is CC(=O)NC1=CC(=Nc2ccc(N)cc2)C(OCC(O)CO)=CC1=O. The average molecular weight is 345 g/mol. The number of rotatable bonds is 6. The smallest absolute Gasteiger partial charge is 0.221 e. The van der Waals surface area contributed by atoms with E-state index < -0.39 is 18.5 Å². The molecule has 5 N–H and O–H groups in total. The lowest BCUT2D eigenvalue weighted by Gasteiger charge is -2.18. The zero-order chi connectivity index (χ0) is 18.4. The second-order valence-corrected chi connectivity index (χ2v) is 5.35. The van der Waals surface area contributed by atoms with Gasteiger partial charge in [0, 0.05) is 18.7 Å². The molecule has 1 unspecified atom stereocenters. The van der Waals surface area contributed by atoms with E-state index in [1.165, 1.54) is 19.1 Å². The van der Waals surface area contributed by atoms with Crippen LogP contribution in [0.3, 0.4) is 0 Å². The van der Waals surface area contributed by atoms with Gasteiger partial charge in [-0.2, -0.15) is 0 Å². The summed E-state index contributed by atoms with van der Waals surface area (Å²) in [6.07, 6.45) is 1.47. The van der Waals surface area contributed by atoms with Gasteiger partial charge >= 0.3 is 0 Å². The number of hydrogen-bond donors (Lipinski definition) is 4. The normalized spacial score (nSPS) is 16.9. The number of ether oxygens (including phenoxy) is 1. The van der Waals surface area contributed by atoms with Crippen LogP contribution in [0.5, 0.6) is 0 Å². The number of anilines is 1. The van der Waals surface area contributed by atoms with Crippen molar-refractivity contribution in [3.63, 3.8) is 0 Å². The van der Waals surface area contributed by atoms with Gasteiger partial charge in [0.2, 0.25) is 11.7 Å². The molecule has 1 amide bonds. The predicted octanol–water partition coefficient (Wildman–Crippen LogP) is 0.198. The number of ketones is 1.